The number of hydrogen-bond donors (Lipinski definition) is 4. The van der Waals surface area contributed by atoms with Crippen LogP contribution < -0.4 is 11.3 Å². The second-order valence-electron chi connectivity index (χ2n) is 4.17. The third kappa shape index (κ3) is 2.60. The van der Waals surface area contributed by atoms with Gasteiger partial charge < -0.3 is 25.3 Å². The number of ether oxygens (including phenoxy) is 1. The fourth-order valence-corrected chi connectivity index (χ4v) is 1.89. The lowest BCUT2D eigenvalue weighted by Crippen LogP contribution is -2.22. The maximum Gasteiger partial charge on any atom is 0.261 e. The highest BCUT2D eigenvalue weighted by molar-refractivity contribution is 5.75. The number of nitrogens with one attached hydrogen (secondary N) is 1. The summed E-state index contributed by atoms with van der Waals surface area (Å²) in [6, 6.07) is 1.55. The minimum Gasteiger partial charge on any atom is -0.394 e. The van der Waals surface area contributed by atoms with Crippen LogP contribution in [-0.2, 0) is 4.74 Å². The maximum absolute atomic E-state index is 11.6. The van der Waals surface area contributed by atoms with Crippen molar-refractivity contribution < 1.29 is 14.9 Å². The quantitative estimate of drug-likeness (QED) is 0.562. The Bertz CT molecular complexity index is 617. The Labute approximate surface area is 108 Å². The van der Waals surface area contributed by atoms with Gasteiger partial charge in [-0.3, -0.25) is 9.78 Å². The zero-order valence-electron chi connectivity index (χ0n) is 10.4. The lowest BCUT2D eigenvalue weighted by Gasteiger charge is -2.18. The van der Waals surface area contributed by atoms with E-state index in [4.69, 9.17) is 15.6 Å². The third-order valence-corrected chi connectivity index (χ3v) is 2.93. The first-order chi connectivity index (χ1) is 9.06. The number of nitrogens with zero attached hydrogens (tertiary/aromatic N) is 2. The molecule has 5 N–H and O–H groups in total. The molecule has 0 radical (unpaired) electrons. The Balaban J connectivity index is 2.37. The molecular weight excluding hydrogens is 252 g/mol. The number of aliphatic hydroxyl groups excluding tert-OH is 2. The number of methoxy groups -OCH3 is 1. The molecule has 0 saturated heterocycles. The van der Waals surface area contributed by atoms with E-state index in [-0.39, 0.29) is 24.5 Å². The van der Waals surface area contributed by atoms with Crippen molar-refractivity contribution in [3.63, 3.8) is 0 Å². The molecule has 0 saturated carbocycles. The van der Waals surface area contributed by atoms with Gasteiger partial charge in [0.05, 0.1) is 18.1 Å². The molecule has 0 aromatic carbocycles. The standard InChI is InChI=1S/C11H16N4O4/c1-19-6(5-16)4-8(17)15-3-2-7-9(15)13-11(12)14-10(7)18/h2-3,6,8,16-17H,4-5H2,1H3,(H3,12,13,14,18)/t6-,8+/m0/s1. The Hall–Kier alpha value is -1.90. The fourth-order valence-electron chi connectivity index (χ4n) is 1.89. The summed E-state index contributed by atoms with van der Waals surface area (Å²) in [5.74, 6) is -0.0184. The summed E-state index contributed by atoms with van der Waals surface area (Å²) < 4.78 is 6.41. The van der Waals surface area contributed by atoms with Crippen molar-refractivity contribution in [1.29, 1.82) is 0 Å². The molecular formula is C11H16N4O4. The molecule has 8 nitrogen and oxygen atoms in total. The fraction of sp³-hybridized carbons (Fsp3) is 0.455. The number of nitrogen functional groups attached to an aromatic ring is 1. The lowest BCUT2D eigenvalue weighted by atomic mass is 10.2. The molecule has 2 aromatic heterocycles. The SMILES string of the molecule is CO[C@H](CO)C[C@@H](O)n1ccc2c(=O)[nH]c(N)nc21. The largest absolute Gasteiger partial charge is 0.394 e. The summed E-state index contributed by atoms with van der Waals surface area (Å²) in [6.07, 6.45) is 0.252. The van der Waals surface area contributed by atoms with E-state index < -0.39 is 12.3 Å². The first-order valence-corrected chi connectivity index (χ1v) is 5.75. The average Bonchev–Trinajstić information content (AvgIpc) is 2.79. The monoisotopic (exact) mass is 268 g/mol. The van der Waals surface area contributed by atoms with Crippen molar-refractivity contribution in [3.8, 4) is 0 Å². The van der Waals surface area contributed by atoms with Gasteiger partial charge in [-0.15, -0.1) is 0 Å². The molecule has 2 rings (SSSR count). The Morgan fingerprint density at radius 3 is 3.00 bits per heavy atom. The molecule has 8 heteroatoms. The lowest BCUT2D eigenvalue weighted by molar-refractivity contribution is -0.0110. The Morgan fingerprint density at radius 2 is 2.37 bits per heavy atom. The van der Waals surface area contributed by atoms with E-state index in [1.54, 1.807) is 12.3 Å². The van der Waals surface area contributed by atoms with E-state index in [0.717, 1.165) is 0 Å². The molecule has 2 atom stereocenters. The van der Waals surface area contributed by atoms with E-state index in [1.165, 1.54) is 11.7 Å². The number of hydrogen-bond acceptors (Lipinski definition) is 6. The van der Waals surface area contributed by atoms with E-state index in [1.807, 2.05) is 0 Å². The van der Waals surface area contributed by atoms with Crippen molar-refractivity contribution in [3.05, 3.63) is 22.6 Å². The molecule has 0 aliphatic carbocycles. The van der Waals surface area contributed by atoms with Crippen LogP contribution in [0.25, 0.3) is 11.0 Å². The summed E-state index contributed by atoms with van der Waals surface area (Å²) in [5.41, 5.74) is 5.41. The summed E-state index contributed by atoms with van der Waals surface area (Å²) in [5, 5.41) is 19.5. The van der Waals surface area contributed by atoms with Gasteiger partial charge in [0.15, 0.2) is 5.65 Å². The predicted octanol–water partition coefficient (Wildman–Crippen LogP) is -0.805. The Morgan fingerprint density at radius 1 is 1.63 bits per heavy atom. The van der Waals surface area contributed by atoms with Gasteiger partial charge in [-0.2, -0.15) is 4.98 Å². The second-order valence-corrected chi connectivity index (χ2v) is 4.17. The number of anilines is 1. The highest BCUT2D eigenvalue weighted by Crippen LogP contribution is 2.18. The van der Waals surface area contributed by atoms with E-state index >= 15 is 0 Å². The zero-order chi connectivity index (χ0) is 14.0. The average molecular weight is 268 g/mol. The van der Waals surface area contributed by atoms with Gasteiger partial charge in [-0.25, -0.2) is 0 Å². The van der Waals surface area contributed by atoms with Crippen LogP contribution in [0.5, 0.6) is 0 Å². The van der Waals surface area contributed by atoms with Gasteiger partial charge in [0, 0.05) is 19.7 Å². The summed E-state index contributed by atoms with van der Waals surface area (Å²) >= 11 is 0. The van der Waals surface area contributed by atoms with Crippen LogP contribution in [0.15, 0.2) is 17.1 Å². The Kier molecular flexibility index (Phi) is 3.84. The molecule has 0 bridgehead atoms. The number of fused-ring (bicyclic) bond motifs is 1. The van der Waals surface area contributed by atoms with Gasteiger partial charge in [0.25, 0.3) is 5.56 Å². The van der Waals surface area contributed by atoms with E-state index in [9.17, 15) is 9.90 Å². The molecule has 0 aliphatic rings. The smallest absolute Gasteiger partial charge is 0.261 e. The van der Waals surface area contributed by atoms with Crippen LogP contribution in [0, 0.1) is 0 Å². The normalized spacial score (nSPS) is 14.7. The molecule has 19 heavy (non-hydrogen) atoms. The van der Waals surface area contributed by atoms with Gasteiger partial charge >= 0.3 is 0 Å². The van der Waals surface area contributed by atoms with Crippen molar-refractivity contribution in [2.75, 3.05) is 19.5 Å². The van der Waals surface area contributed by atoms with Crippen molar-refractivity contribution in [1.82, 2.24) is 14.5 Å². The number of rotatable bonds is 5. The van der Waals surface area contributed by atoms with Crippen LogP contribution in [0.3, 0.4) is 0 Å². The van der Waals surface area contributed by atoms with Crippen molar-refractivity contribution >= 4 is 17.0 Å². The molecule has 0 unspecified atom stereocenters. The highest BCUT2D eigenvalue weighted by Gasteiger charge is 2.18. The molecule has 104 valence electrons. The number of aliphatic hydroxyl groups is 2. The van der Waals surface area contributed by atoms with Crippen molar-refractivity contribution in [2.24, 2.45) is 0 Å². The minimum absolute atomic E-state index is 0.0184. The van der Waals surface area contributed by atoms with Gasteiger partial charge in [-0.1, -0.05) is 0 Å². The second kappa shape index (κ2) is 5.39. The highest BCUT2D eigenvalue weighted by atomic mass is 16.5. The third-order valence-electron chi connectivity index (χ3n) is 2.93. The molecule has 0 aliphatic heterocycles. The van der Waals surface area contributed by atoms with Gasteiger partial charge in [0.1, 0.15) is 6.23 Å². The summed E-state index contributed by atoms with van der Waals surface area (Å²) in [4.78, 5) is 18.0. The first-order valence-electron chi connectivity index (χ1n) is 5.75. The minimum atomic E-state index is -0.969. The zero-order valence-corrected chi connectivity index (χ0v) is 10.4. The number of H-pyrrole nitrogens is 1. The molecule has 0 spiro atoms. The number of nitrogens with two attached hydrogens (primary N) is 1. The number of aromatic amines is 1. The topological polar surface area (TPSA) is 126 Å². The molecule has 0 fully saturated rings. The summed E-state index contributed by atoms with van der Waals surface area (Å²) in [6.45, 7) is -0.205. The van der Waals surface area contributed by atoms with Crippen LogP contribution in [0.1, 0.15) is 12.6 Å². The molecule has 2 heterocycles. The van der Waals surface area contributed by atoms with E-state index in [2.05, 4.69) is 9.97 Å². The maximum atomic E-state index is 11.6. The van der Waals surface area contributed by atoms with Gasteiger partial charge in [0.2, 0.25) is 5.95 Å². The van der Waals surface area contributed by atoms with Crippen LogP contribution in [0.2, 0.25) is 0 Å². The van der Waals surface area contributed by atoms with Crippen LogP contribution in [-0.4, -0.2) is 44.6 Å². The summed E-state index contributed by atoms with van der Waals surface area (Å²) in [7, 11) is 1.45. The van der Waals surface area contributed by atoms with Gasteiger partial charge in [-0.05, 0) is 6.07 Å². The van der Waals surface area contributed by atoms with Crippen LogP contribution >= 0.6 is 0 Å². The first kappa shape index (κ1) is 13.5. The van der Waals surface area contributed by atoms with E-state index in [0.29, 0.717) is 11.0 Å². The predicted molar refractivity (Wildman–Crippen MR) is 68.5 cm³/mol. The molecule has 2 aromatic rings. The van der Waals surface area contributed by atoms with Crippen LogP contribution in [0.4, 0.5) is 5.95 Å². The molecule has 0 amide bonds. The number of aromatic nitrogens is 3. The van der Waals surface area contributed by atoms with Crippen molar-refractivity contribution in [2.45, 2.75) is 18.8 Å².